The van der Waals surface area contributed by atoms with E-state index in [2.05, 4.69) is 0 Å². The smallest absolute Gasteiger partial charge is 0.303 e. The van der Waals surface area contributed by atoms with Gasteiger partial charge in [-0.25, -0.2) is 0 Å². The fourth-order valence-electron chi connectivity index (χ4n) is 0.975. The Morgan fingerprint density at radius 3 is 1.94 bits per heavy atom. The number of allylic oxidation sites excluding steroid dienone is 1. The lowest BCUT2D eigenvalue weighted by atomic mass is 10.3. The van der Waals surface area contributed by atoms with Crippen LogP contribution in [-0.2, 0) is 18.4 Å². The average molecular weight is 248 g/mol. The van der Waals surface area contributed by atoms with Crippen LogP contribution in [0.1, 0.15) is 41.0 Å². The SMILES string of the molecule is CCC(=O)/C=C/P(=O)(OC(C)C)OC(C)C. The Kier molecular flexibility index (Phi) is 6.81. The Morgan fingerprint density at radius 1 is 1.19 bits per heavy atom. The Morgan fingerprint density at radius 2 is 1.62 bits per heavy atom. The summed E-state index contributed by atoms with van der Waals surface area (Å²) in [4.78, 5) is 11.1. The molecule has 0 aliphatic rings. The van der Waals surface area contributed by atoms with Crippen molar-refractivity contribution in [2.45, 2.75) is 53.2 Å². The number of carbonyl (C=O) groups excluding carboxylic acids is 1. The third-order valence-electron chi connectivity index (χ3n) is 1.51. The van der Waals surface area contributed by atoms with Gasteiger partial charge < -0.3 is 9.05 Å². The van der Waals surface area contributed by atoms with Crippen molar-refractivity contribution in [2.75, 3.05) is 0 Å². The van der Waals surface area contributed by atoms with Crippen LogP contribution in [0.2, 0.25) is 0 Å². The summed E-state index contributed by atoms with van der Waals surface area (Å²) in [6.45, 7) is 8.82. The predicted octanol–water partition coefficient (Wildman–Crippen LogP) is 3.52. The Hall–Kier alpha value is -0.440. The summed E-state index contributed by atoms with van der Waals surface area (Å²) in [7, 11) is -3.30. The van der Waals surface area contributed by atoms with E-state index >= 15 is 0 Å². The molecule has 0 saturated heterocycles. The van der Waals surface area contributed by atoms with E-state index in [4.69, 9.17) is 9.05 Å². The number of hydrogen-bond donors (Lipinski definition) is 0. The van der Waals surface area contributed by atoms with Crippen LogP contribution in [0, 0.1) is 0 Å². The van der Waals surface area contributed by atoms with Crippen LogP contribution in [-0.4, -0.2) is 18.0 Å². The highest BCUT2D eigenvalue weighted by Crippen LogP contribution is 2.51. The summed E-state index contributed by atoms with van der Waals surface area (Å²) in [5, 5.41) is 0. The quantitative estimate of drug-likeness (QED) is 0.511. The molecule has 0 aromatic carbocycles. The first kappa shape index (κ1) is 15.6. The molecule has 0 N–H and O–H groups in total. The number of hydrogen-bond acceptors (Lipinski definition) is 4. The summed E-state index contributed by atoms with van der Waals surface area (Å²) in [6, 6.07) is 0. The zero-order valence-electron chi connectivity index (χ0n) is 10.6. The molecule has 0 rings (SSSR count). The second-order valence-electron chi connectivity index (χ2n) is 3.98. The zero-order chi connectivity index (χ0) is 12.8. The molecule has 94 valence electrons. The molecular weight excluding hydrogens is 227 g/mol. The molecule has 0 aliphatic carbocycles. The van der Waals surface area contributed by atoms with Crippen LogP contribution in [0.3, 0.4) is 0 Å². The Bertz CT molecular complexity index is 280. The van der Waals surface area contributed by atoms with Gasteiger partial charge >= 0.3 is 7.60 Å². The molecule has 0 unspecified atom stereocenters. The second kappa shape index (κ2) is 7.00. The number of ketones is 1. The highest BCUT2D eigenvalue weighted by molar-refractivity contribution is 7.57. The molecule has 16 heavy (non-hydrogen) atoms. The standard InChI is InChI=1S/C11H21O4P/c1-6-11(12)7-8-16(13,14-9(2)3)15-10(4)5/h7-10H,6H2,1-5H3/b8-7+. The summed E-state index contributed by atoms with van der Waals surface area (Å²) in [5.41, 5.74) is 0. The second-order valence-corrected chi connectivity index (χ2v) is 5.78. The van der Waals surface area contributed by atoms with Crippen LogP contribution < -0.4 is 0 Å². The summed E-state index contributed by atoms with van der Waals surface area (Å²) in [6.07, 6.45) is 1.21. The average Bonchev–Trinajstić information content (AvgIpc) is 2.11. The minimum absolute atomic E-state index is 0.0973. The molecule has 0 heterocycles. The maximum atomic E-state index is 12.2. The molecule has 0 amide bonds. The van der Waals surface area contributed by atoms with E-state index in [1.165, 1.54) is 11.9 Å². The lowest BCUT2D eigenvalue weighted by Crippen LogP contribution is -2.06. The van der Waals surface area contributed by atoms with Crippen LogP contribution in [0.5, 0.6) is 0 Å². The predicted molar refractivity (Wildman–Crippen MR) is 64.5 cm³/mol. The highest BCUT2D eigenvalue weighted by Gasteiger charge is 2.24. The third-order valence-corrected chi connectivity index (χ3v) is 3.45. The van der Waals surface area contributed by atoms with Crippen molar-refractivity contribution >= 4 is 13.4 Å². The maximum Gasteiger partial charge on any atom is 0.354 e. The molecule has 0 aliphatic heterocycles. The monoisotopic (exact) mass is 248 g/mol. The highest BCUT2D eigenvalue weighted by atomic mass is 31.2. The Labute approximate surface area is 97.6 Å². The first-order valence-electron chi connectivity index (χ1n) is 5.47. The lowest BCUT2D eigenvalue weighted by molar-refractivity contribution is -0.114. The van der Waals surface area contributed by atoms with Gasteiger partial charge in [0.2, 0.25) is 0 Å². The fraction of sp³-hybridized carbons (Fsp3) is 0.727. The minimum Gasteiger partial charge on any atom is -0.303 e. The third kappa shape index (κ3) is 6.94. The van der Waals surface area contributed by atoms with E-state index in [1.54, 1.807) is 34.6 Å². The first-order chi connectivity index (χ1) is 7.29. The van der Waals surface area contributed by atoms with Crippen LogP contribution in [0.15, 0.2) is 11.9 Å². The van der Waals surface area contributed by atoms with Gasteiger partial charge in [-0.2, -0.15) is 0 Å². The lowest BCUT2D eigenvalue weighted by Gasteiger charge is -2.19. The molecule has 0 radical (unpaired) electrons. The van der Waals surface area contributed by atoms with Crippen LogP contribution in [0.4, 0.5) is 0 Å². The topological polar surface area (TPSA) is 52.6 Å². The van der Waals surface area contributed by atoms with Gasteiger partial charge in [0.05, 0.1) is 12.2 Å². The number of carbonyl (C=O) groups is 1. The van der Waals surface area contributed by atoms with Gasteiger partial charge in [0, 0.05) is 12.2 Å². The molecular formula is C11H21O4P. The molecule has 5 heteroatoms. The molecule has 0 spiro atoms. The fourth-order valence-corrected chi connectivity index (χ4v) is 2.69. The van der Waals surface area contributed by atoms with E-state index in [0.29, 0.717) is 6.42 Å². The zero-order valence-corrected chi connectivity index (χ0v) is 11.5. The first-order valence-corrected chi connectivity index (χ1v) is 7.09. The van der Waals surface area contributed by atoms with Gasteiger partial charge in [0.25, 0.3) is 0 Å². The molecule has 4 nitrogen and oxygen atoms in total. The van der Waals surface area contributed by atoms with Crippen molar-refractivity contribution in [1.82, 2.24) is 0 Å². The van der Waals surface area contributed by atoms with Gasteiger partial charge in [-0.1, -0.05) is 6.92 Å². The van der Waals surface area contributed by atoms with Crippen molar-refractivity contribution in [1.29, 1.82) is 0 Å². The Balaban J connectivity index is 4.72. The summed E-state index contributed by atoms with van der Waals surface area (Å²) in [5.74, 6) is 1.15. The van der Waals surface area contributed by atoms with E-state index in [-0.39, 0.29) is 18.0 Å². The largest absolute Gasteiger partial charge is 0.354 e. The van der Waals surface area contributed by atoms with Gasteiger partial charge in [0.1, 0.15) is 0 Å². The maximum absolute atomic E-state index is 12.2. The van der Waals surface area contributed by atoms with Crippen molar-refractivity contribution in [3.05, 3.63) is 11.9 Å². The number of rotatable bonds is 7. The summed E-state index contributed by atoms with van der Waals surface area (Å²) >= 11 is 0. The van der Waals surface area contributed by atoms with Crippen molar-refractivity contribution < 1.29 is 18.4 Å². The molecule has 0 aromatic heterocycles. The molecule has 0 fully saturated rings. The van der Waals surface area contributed by atoms with E-state index in [1.807, 2.05) is 0 Å². The minimum atomic E-state index is -3.30. The van der Waals surface area contributed by atoms with Gasteiger partial charge in [0.15, 0.2) is 5.78 Å². The van der Waals surface area contributed by atoms with Crippen LogP contribution >= 0.6 is 7.60 Å². The molecule has 0 aromatic rings. The molecule has 0 saturated carbocycles. The van der Waals surface area contributed by atoms with Crippen molar-refractivity contribution in [3.63, 3.8) is 0 Å². The van der Waals surface area contributed by atoms with Crippen LogP contribution in [0.25, 0.3) is 0 Å². The summed E-state index contributed by atoms with van der Waals surface area (Å²) < 4.78 is 22.6. The van der Waals surface area contributed by atoms with Crippen molar-refractivity contribution in [2.24, 2.45) is 0 Å². The van der Waals surface area contributed by atoms with Crippen molar-refractivity contribution in [3.8, 4) is 0 Å². The van der Waals surface area contributed by atoms with Gasteiger partial charge in [-0.3, -0.25) is 9.36 Å². The normalized spacial score (nSPS) is 12.9. The van der Waals surface area contributed by atoms with E-state index < -0.39 is 7.60 Å². The molecule has 0 bridgehead atoms. The van der Waals surface area contributed by atoms with Gasteiger partial charge in [-0.05, 0) is 33.8 Å². The van der Waals surface area contributed by atoms with Gasteiger partial charge in [-0.15, -0.1) is 0 Å². The van der Waals surface area contributed by atoms with E-state index in [0.717, 1.165) is 0 Å². The molecule has 0 atom stereocenters. The van der Waals surface area contributed by atoms with E-state index in [9.17, 15) is 9.36 Å².